The van der Waals surface area contributed by atoms with Crippen molar-refractivity contribution in [3.05, 3.63) is 12.2 Å². The van der Waals surface area contributed by atoms with Gasteiger partial charge in [0.25, 0.3) is 0 Å². The maximum atomic E-state index is 12.1. The van der Waals surface area contributed by atoms with Crippen molar-refractivity contribution in [2.24, 2.45) is 23.2 Å². The smallest absolute Gasteiger partial charge is 0.334 e. The Bertz CT molecular complexity index is 656. The van der Waals surface area contributed by atoms with Crippen molar-refractivity contribution < 1.29 is 33.7 Å². The molecular weight excluding hydrogens is 340 g/mol. The molecule has 2 aliphatic carbocycles. The lowest BCUT2D eigenvalue weighted by Crippen LogP contribution is -2.51. The summed E-state index contributed by atoms with van der Waals surface area (Å²) in [6.07, 6.45) is -1.80. The van der Waals surface area contributed by atoms with Crippen LogP contribution in [0.2, 0.25) is 0 Å². The minimum Gasteiger partial charge on any atom is -0.462 e. The predicted molar refractivity (Wildman–Crippen MR) is 89.6 cm³/mol. The van der Waals surface area contributed by atoms with Crippen LogP contribution in [0.1, 0.15) is 40.5 Å². The first-order valence-corrected chi connectivity index (χ1v) is 8.99. The number of aliphatic hydroxyl groups is 1. The minimum atomic E-state index is -0.887. The summed E-state index contributed by atoms with van der Waals surface area (Å²) < 4.78 is 16.6. The van der Waals surface area contributed by atoms with E-state index in [1.807, 2.05) is 13.8 Å². The number of fused-ring (bicyclic) bond motifs is 2. The molecule has 7 heteroatoms. The Morgan fingerprint density at radius 3 is 2.42 bits per heavy atom. The molecule has 0 aromatic heterocycles. The molecule has 0 aromatic carbocycles. The van der Waals surface area contributed by atoms with Crippen molar-refractivity contribution in [1.82, 2.24) is 0 Å². The van der Waals surface area contributed by atoms with Crippen molar-refractivity contribution in [1.29, 1.82) is 0 Å². The molecule has 2 saturated carbocycles. The van der Waals surface area contributed by atoms with Gasteiger partial charge in [0.2, 0.25) is 0 Å². The second-order valence-electron chi connectivity index (χ2n) is 8.03. The number of aliphatic hydroxyl groups excluding tert-OH is 1. The zero-order valence-corrected chi connectivity index (χ0v) is 15.6. The normalized spacial score (nSPS) is 44.6. The van der Waals surface area contributed by atoms with Crippen LogP contribution in [0.25, 0.3) is 0 Å². The molecule has 1 saturated heterocycles. The molecule has 3 rings (SSSR count). The summed E-state index contributed by atoms with van der Waals surface area (Å²) in [5.41, 5.74) is -0.625. The highest BCUT2D eigenvalue weighted by Crippen LogP contribution is 2.58. The highest BCUT2D eigenvalue weighted by Gasteiger charge is 2.66. The average molecular weight is 366 g/mol. The van der Waals surface area contributed by atoms with Gasteiger partial charge in [-0.1, -0.05) is 20.4 Å². The quantitative estimate of drug-likeness (QED) is 0.448. The molecule has 1 heterocycles. The Morgan fingerprint density at radius 2 is 1.85 bits per heavy atom. The zero-order chi connectivity index (χ0) is 19.4. The van der Waals surface area contributed by atoms with Crippen molar-refractivity contribution >= 4 is 17.9 Å². The van der Waals surface area contributed by atoms with Gasteiger partial charge in [0, 0.05) is 37.2 Å². The number of ether oxygens (including phenoxy) is 3. The maximum Gasteiger partial charge on any atom is 0.334 e. The molecule has 0 aromatic rings. The van der Waals surface area contributed by atoms with Crippen LogP contribution in [-0.4, -0.2) is 47.4 Å². The largest absolute Gasteiger partial charge is 0.462 e. The topological polar surface area (TPSA) is 99.1 Å². The number of hydrogen-bond donors (Lipinski definition) is 1. The first kappa shape index (κ1) is 18.9. The third-order valence-corrected chi connectivity index (χ3v) is 6.38. The van der Waals surface area contributed by atoms with Crippen molar-refractivity contribution in [3.8, 4) is 0 Å². The van der Waals surface area contributed by atoms with Crippen LogP contribution < -0.4 is 0 Å². The molecule has 3 aliphatic rings. The molecule has 1 N–H and O–H groups in total. The van der Waals surface area contributed by atoms with E-state index in [4.69, 9.17) is 14.2 Å². The second kappa shape index (κ2) is 6.37. The fourth-order valence-electron chi connectivity index (χ4n) is 5.44. The van der Waals surface area contributed by atoms with E-state index in [0.29, 0.717) is 6.42 Å². The van der Waals surface area contributed by atoms with E-state index in [0.717, 1.165) is 0 Å². The average Bonchev–Trinajstić information content (AvgIpc) is 2.88. The molecule has 8 atom stereocenters. The van der Waals surface area contributed by atoms with E-state index >= 15 is 0 Å². The van der Waals surface area contributed by atoms with Crippen LogP contribution in [0.15, 0.2) is 12.2 Å². The van der Waals surface area contributed by atoms with Crippen LogP contribution in [-0.2, 0) is 28.6 Å². The highest BCUT2D eigenvalue weighted by atomic mass is 16.6. The fraction of sp³-hybridized carbons (Fsp3) is 0.737. The fourth-order valence-corrected chi connectivity index (χ4v) is 5.44. The Morgan fingerprint density at radius 1 is 1.23 bits per heavy atom. The number of esters is 3. The van der Waals surface area contributed by atoms with Gasteiger partial charge < -0.3 is 19.3 Å². The summed E-state index contributed by atoms with van der Waals surface area (Å²) >= 11 is 0. The van der Waals surface area contributed by atoms with Crippen LogP contribution in [0.5, 0.6) is 0 Å². The maximum absolute atomic E-state index is 12.1. The SMILES string of the molecule is C=C1C(=O)O[C@H]2C[C@@H](C)[C@@H]3[C@@H](OC(C)=O)C[C@H](O)[C@@]3(C)[C@H](OC(C)=O)[C@H]12. The summed E-state index contributed by atoms with van der Waals surface area (Å²) in [4.78, 5) is 35.5. The van der Waals surface area contributed by atoms with Gasteiger partial charge in [-0.3, -0.25) is 9.59 Å². The molecule has 3 fully saturated rings. The first-order chi connectivity index (χ1) is 12.1. The van der Waals surface area contributed by atoms with Gasteiger partial charge in [0.05, 0.1) is 12.0 Å². The Hall–Kier alpha value is -1.89. The molecule has 1 aliphatic heterocycles. The van der Waals surface area contributed by atoms with Crippen LogP contribution in [0.3, 0.4) is 0 Å². The molecule has 0 unspecified atom stereocenters. The van der Waals surface area contributed by atoms with E-state index in [1.54, 1.807) is 0 Å². The Kier molecular flexibility index (Phi) is 4.63. The van der Waals surface area contributed by atoms with Gasteiger partial charge in [0.15, 0.2) is 0 Å². The molecule has 0 bridgehead atoms. The van der Waals surface area contributed by atoms with E-state index in [2.05, 4.69) is 6.58 Å². The van der Waals surface area contributed by atoms with Gasteiger partial charge in [-0.2, -0.15) is 0 Å². The molecule has 7 nitrogen and oxygen atoms in total. The molecule has 0 amide bonds. The predicted octanol–water partition coefficient (Wildman–Crippen LogP) is 1.37. The number of hydrogen-bond acceptors (Lipinski definition) is 7. The molecule has 144 valence electrons. The summed E-state index contributed by atoms with van der Waals surface area (Å²) in [5, 5.41) is 10.9. The Labute approximate surface area is 152 Å². The van der Waals surface area contributed by atoms with Gasteiger partial charge >= 0.3 is 17.9 Å². The third kappa shape index (κ3) is 2.73. The van der Waals surface area contributed by atoms with Crippen molar-refractivity contribution in [2.75, 3.05) is 0 Å². The van der Waals surface area contributed by atoms with Gasteiger partial charge in [-0.05, 0) is 12.3 Å². The second-order valence-corrected chi connectivity index (χ2v) is 8.03. The number of carbonyl (C=O) groups excluding carboxylic acids is 3. The third-order valence-electron chi connectivity index (χ3n) is 6.38. The lowest BCUT2D eigenvalue weighted by Gasteiger charge is -2.43. The summed E-state index contributed by atoms with van der Waals surface area (Å²) in [7, 11) is 0. The van der Waals surface area contributed by atoms with Crippen LogP contribution >= 0.6 is 0 Å². The summed E-state index contributed by atoms with van der Waals surface area (Å²) in [6.45, 7) is 10.3. The molecule has 26 heavy (non-hydrogen) atoms. The lowest BCUT2D eigenvalue weighted by atomic mass is 9.66. The van der Waals surface area contributed by atoms with E-state index in [-0.39, 0.29) is 23.8 Å². The van der Waals surface area contributed by atoms with Crippen LogP contribution in [0, 0.1) is 23.2 Å². The monoisotopic (exact) mass is 366 g/mol. The van der Waals surface area contributed by atoms with E-state index < -0.39 is 53.7 Å². The van der Waals surface area contributed by atoms with Gasteiger partial charge in [-0.25, -0.2) is 4.79 Å². The summed E-state index contributed by atoms with van der Waals surface area (Å²) in [6, 6.07) is 0. The molecule has 0 spiro atoms. The van der Waals surface area contributed by atoms with E-state index in [9.17, 15) is 19.5 Å². The zero-order valence-electron chi connectivity index (χ0n) is 15.6. The first-order valence-electron chi connectivity index (χ1n) is 8.99. The molecule has 0 radical (unpaired) electrons. The minimum absolute atomic E-state index is 0.0201. The number of rotatable bonds is 2. The summed E-state index contributed by atoms with van der Waals surface area (Å²) in [5.74, 6) is -2.18. The van der Waals surface area contributed by atoms with Gasteiger partial charge in [-0.15, -0.1) is 0 Å². The van der Waals surface area contributed by atoms with Crippen molar-refractivity contribution in [3.63, 3.8) is 0 Å². The van der Waals surface area contributed by atoms with Crippen LogP contribution in [0.4, 0.5) is 0 Å². The lowest BCUT2D eigenvalue weighted by molar-refractivity contribution is -0.170. The standard InChI is InChI=1S/C19H26O7/c1-8-6-12-15(9(2)18(23)26-12)17(25-11(4)21)19(5)14(22)7-13(16(8)19)24-10(3)20/h8,12-17,22H,2,6-7H2,1,3-5H3/t8-,12+,13+,14+,15-,16-,17-,19-/m1/s1. The molecular formula is C19H26O7. The Balaban J connectivity index is 2.10. The van der Waals surface area contributed by atoms with Gasteiger partial charge in [0.1, 0.15) is 18.3 Å². The number of carbonyl (C=O) groups is 3. The van der Waals surface area contributed by atoms with E-state index in [1.165, 1.54) is 13.8 Å². The van der Waals surface area contributed by atoms with Crippen molar-refractivity contribution in [2.45, 2.75) is 65.0 Å². The highest BCUT2D eigenvalue weighted by molar-refractivity contribution is 5.91.